The van der Waals surface area contributed by atoms with Crippen LogP contribution in [0.15, 0.2) is 11.6 Å². The summed E-state index contributed by atoms with van der Waals surface area (Å²) in [5.74, 6) is 1.33. The summed E-state index contributed by atoms with van der Waals surface area (Å²) in [7, 11) is 0. The minimum atomic E-state index is -0.433. The molecule has 4 saturated carbocycles. The van der Waals surface area contributed by atoms with E-state index in [9.17, 15) is 15.0 Å². The third-order valence-electron chi connectivity index (χ3n) is 13.3. The summed E-state index contributed by atoms with van der Waals surface area (Å²) >= 11 is 0. The van der Waals surface area contributed by atoms with Crippen molar-refractivity contribution < 1.29 is 19.7 Å². The molecule has 0 aliphatic heterocycles. The van der Waals surface area contributed by atoms with Gasteiger partial charge in [-0.2, -0.15) is 0 Å². The van der Waals surface area contributed by atoms with Crippen LogP contribution in [0.4, 0.5) is 0 Å². The first-order chi connectivity index (χ1) is 16.7. The van der Waals surface area contributed by atoms with E-state index in [0.717, 1.165) is 51.4 Å². The summed E-state index contributed by atoms with van der Waals surface area (Å²) in [5.41, 5.74) is 1.82. The molecule has 0 saturated heterocycles. The van der Waals surface area contributed by atoms with Gasteiger partial charge < -0.3 is 14.9 Å². The summed E-state index contributed by atoms with van der Waals surface area (Å²) in [6.07, 6.45) is 12.9. The molecule has 8 unspecified atom stereocenters. The van der Waals surface area contributed by atoms with Crippen molar-refractivity contribution in [3.8, 4) is 0 Å². The van der Waals surface area contributed by atoms with Gasteiger partial charge >= 0.3 is 5.97 Å². The number of hydrogen-bond acceptors (Lipinski definition) is 4. The minimum Gasteiger partial charge on any atom is -0.463 e. The number of hydrogen-bond donors (Lipinski definition) is 2. The monoisotopic (exact) mass is 500 g/mol. The molecule has 204 valence electrons. The maximum Gasteiger partial charge on any atom is 0.312 e. The van der Waals surface area contributed by atoms with E-state index >= 15 is 0 Å². The number of aliphatic hydroxyl groups is 2. The maximum absolute atomic E-state index is 13.6. The quantitative estimate of drug-likeness (QED) is 0.335. The number of allylic oxidation sites excluding steroid dienone is 2. The van der Waals surface area contributed by atoms with Crippen LogP contribution in [0.25, 0.3) is 0 Å². The van der Waals surface area contributed by atoms with Crippen LogP contribution in [0.1, 0.15) is 113 Å². The van der Waals surface area contributed by atoms with E-state index in [1.165, 1.54) is 12.8 Å². The predicted octanol–water partition coefficient (Wildman–Crippen LogP) is 6.68. The highest BCUT2D eigenvalue weighted by atomic mass is 16.5. The molecule has 5 aliphatic carbocycles. The zero-order valence-corrected chi connectivity index (χ0v) is 24.1. The standard InChI is InChI=1S/C32H52O4/c1-27(2)14-16-32(26(35)36-19-18-33)17-15-30(6)21(22(32)20-27)8-9-24-29(5)12-11-25(34)28(3,4)23(29)10-13-31(24,30)7/h8,22-25,33-34H,9-20H2,1-7H3. The van der Waals surface area contributed by atoms with Crippen molar-refractivity contribution in [1.82, 2.24) is 0 Å². The summed E-state index contributed by atoms with van der Waals surface area (Å²) in [6.45, 7) is 17.1. The molecule has 0 aromatic carbocycles. The molecule has 4 nitrogen and oxygen atoms in total. The molecule has 8 atom stereocenters. The van der Waals surface area contributed by atoms with Crippen LogP contribution in [0.2, 0.25) is 0 Å². The normalized spacial score (nSPS) is 49.0. The molecule has 0 radical (unpaired) electrons. The van der Waals surface area contributed by atoms with Crippen molar-refractivity contribution in [2.45, 2.75) is 119 Å². The van der Waals surface area contributed by atoms with Gasteiger partial charge in [-0.25, -0.2) is 0 Å². The van der Waals surface area contributed by atoms with Gasteiger partial charge in [-0.15, -0.1) is 0 Å². The number of aliphatic hydroxyl groups excluding tert-OH is 2. The summed E-state index contributed by atoms with van der Waals surface area (Å²) < 4.78 is 5.68. The first-order valence-electron chi connectivity index (χ1n) is 14.8. The molecule has 0 aromatic heterocycles. The Morgan fingerprint density at radius 3 is 2.33 bits per heavy atom. The van der Waals surface area contributed by atoms with Crippen LogP contribution in [-0.2, 0) is 9.53 Å². The van der Waals surface area contributed by atoms with Crippen molar-refractivity contribution in [3.05, 3.63) is 11.6 Å². The van der Waals surface area contributed by atoms with Crippen molar-refractivity contribution in [2.24, 2.45) is 50.2 Å². The molecule has 0 amide bonds. The van der Waals surface area contributed by atoms with Gasteiger partial charge in [0.1, 0.15) is 6.61 Å². The molecule has 0 aromatic rings. The first kappa shape index (κ1) is 26.7. The lowest BCUT2D eigenvalue weighted by Gasteiger charge is -2.71. The molecule has 0 spiro atoms. The zero-order valence-electron chi connectivity index (χ0n) is 24.1. The number of carbonyl (C=O) groups excluding carboxylic acids is 1. The molecule has 0 bridgehead atoms. The second-order valence-electron chi connectivity index (χ2n) is 15.6. The van der Waals surface area contributed by atoms with Gasteiger partial charge in [-0.3, -0.25) is 4.79 Å². The van der Waals surface area contributed by atoms with E-state index < -0.39 is 5.41 Å². The summed E-state index contributed by atoms with van der Waals surface area (Å²) in [4.78, 5) is 13.6. The molecule has 36 heavy (non-hydrogen) atoms. The Balaban J connectivity index is 1.57. The van der Waals surface area contributed by atoms with Crippen molar-refractivity contribution >= 4 is 5.97 Å². The molecular weight excluding hydrogens is 448 g/mol. The molecule has 2 N–H and O–H groups in total. The fourth-order valence-corrected chi connectivity index (χ4v) is 10.9. The first-order valence-corrected chi connectivity index (χ1v) is 14.8. The average molecular weight is 501 g/mol. The number of esters is 1. The Morgan fingerprint density at radius 2 is 1.64 bits per heavy atom. The van der Waals surface area contributed by atoms with Gasteiger partial charge in [0.05, 0.1) is 18.1 Å². The van der Waals surface area contributed by atoms with Crippen LogP contribution in [0.5, 0.6) is 0 Å². The molecular formula is C32H52O4. The average Bonchev–Trinajstić information content (AvgIpc) is 2.80. The van der Waals surface area contributed by atoms with E-state index in [0.29, 0.717) is 11.8 Å². The van der Waals surface area contributed by atoms with Gasteiger partial charge in [0.2, 0.25) is 0 Å². The lowest BCUT2D eigenvalue weighted by molar-refractivity contribution is -0.206. The number of carbonyl (C=O) groups is 1. The van der Waals surface area contributed by atoms with Crippen LogP contribution < -0.4 is 0 Å². The largest absolute Gasteiger partial charge is 0.463 e. The van der Waals surface area contributed by atoms with E-state index in [4.69, 9.17) is 4.74 Å². The Bertz CT molecular complexity index is 934. The van der Waals surface area contributed by atoms with Crippen molar-refractivity contribution in [3.63, 3.8) is 0 Å². The van der Waals surface area contributed by atoms with Crippen LogP contribution in [-0.4, -0.2) is 35.5 Å². The lowest BCUT2D eigenvalue weighted by Crippen LogP contribution is -2.65. The highest BCUT2D eigenvalue weighted by Gasteiger charge is 2.69. The lowest BCUT2D eigenvalue weighted by atomic mass is 9.33. The molecule has 0 heterocycles. The molecule has 5 aliphatic rings. The van der Waals surface area contributed by atoms with Crippen LogP contribution >= 0.6 is 0 Å². The molecule has 4 fully saturated rings. The van der Waals surface area contributed by atoms with Crippen LogP contribution in [0.3, 0.4) is 0 Å². The fourth-order valence-electron chi connectivity index (χ4n) is 10.9. The third kappa shape index (κ3) is 3.41. The van der Waals surface area contributed by atoms with E-state index in [-0.39, 0.29) is 58.3 Å². The van der Waals surface area contributed by atoms with E-state index in [2.05, 4.69) is 54.5 Å². The second-order valence-corrected chi connectivity index (χ2v) is 15.6. The Hall–Kier alpha value is -0.870. The summed E-state index contributed by atoms with van der Waals surface area (Å²) in [5, 5.41) is 20.3. The van der Waals surface area contributed by atoms with Gasteiger partial charge in [0.25, 0.3) is 0 Å². The smallest absolute Gasteiger partial charge is 0.312 e. The van der Waals surface area contributed by atoms with Gasteiger partial charge in [-0.1, -0.05) is 60.1 Å². The van der Waals surface area contributed by atoms with Gasteiger partial charge in [0.15, 0.2) is 0 Å². The molecule has 5 rings (SSSR count). The fraction of sp³-hybridized carbons (Fsp3) is 0.906. The third-order valence-corrected chi connectivity index (χ3v) is 13.3. The van der Waals surface area contributed by atoms with E-state index in [1.807, 2.05) is 0 Å². The highest BCUT2D eigenvalue weighted by molar-refractivity contribution is 5.78. The Kier molecular flexibility index (Phi) is 6.17. The predicted molar refractivity (Wildman–Crippen MR) is 143 cm³/mol. The summed E-state index contributed by atoms with van der Waals surface area (Å²) in [6, 6.07) is 0. The number of fused-ring (bicyclic) bond motifs is 7. The van der Waals surface area contributed by atoms with Crippen molar-refractivity contribution in [2.75, 3.05) is 13.2 Å². The van der Waals surface area contributed by atoms with E-state index in [1.54, 1.807) is 5.57 Å². The molecule has 4 heteroatoms. The van der Waals surface area contributed by atoms with Gasteiger partial charge in [-0.05, 0) is 109 Å². The SMILES string of the molecule is CC1(C)CCC2(C(=O)OCCO)CCC3(C)C(=CCC4C5(C)CCC(O)C(C)(C)C5CCC43C)C2C1. The zero-order chi connectivity index (χ0) is 26.4. The maximum atomic E-state index is 13.6. The number of rotatable bonds is 3. The highest BCUT2D eigenvalue weighted by Crippen LogP contribution is 2.75. The Morgan fingerprint density at radius 1 is 0.944 bits per heavy atom. The van der Waals surface area contributed by atoms with Gasteiger partial charge in [0, 0.05) is 0 Å². The Labute approximate surface area is 219 Å². The van der Waals surface area contributed by atoms with Crippen molar-refractivity contribution in [1.29, 1.82) is 0 Å². The topological polar surface area (TPSA) is 66.8 Å². The number of ether oxygens (including phenoxy) is 1. The second kappa shape index (κ2) is 8.31. The minimum absolute atomic E-state index is 0.0369. The van der Waals surface area contributed by atoms with Crippen LogP contribution in [0, 0.1) is 50.2 Å².